The van der Waals surface area contributed by atoms with E-state index < -0.39 is 10.5 Å². The Morgan fingerprint density at radius 1 is 1.50 bits per heavy atom. The third-order valence-electron chi connectivity index (χ3n) is 2.61. The van der Waals surface area contributed by atoms with Gasteiger partial charge in [0.25, 0.3) is 0 Å². The van der Waals surface area contributed by atoms with Gasteiger partial charge >= 0.3 is 5.69 Å². The van der Waals surface area contributed by atoms with E-state index >= 15 is 0 Å². The Hall–Kier alpha value is -1.66. The summed E-state index contributed by atoms with van der Waals surface area (Å²) in [6.07, 6.45) is 0. The van der Waals surface area contributed by atoms with E-state index in [-0.39, 0.29) is 18.0 Å². The smallest absolute Gasteiger partial charge is 0.311 e. The van der Waals surface area contributed by atoms with Gasteiger partial charge in [0.15, 0.2) is 5.75 Å². The molecule has 18 heavy (non-hydrogen) atoms. The van der Waals surface area contributed by atoms with Crippen molar-refractivity contribution in [2.24, 2.45) is 0 Å². The fraction of sp³-hybridized carbons (Fsp3) is 0.500. The number of hydrogen-bond acceptors (Lipinski definition) is 5. The first kappa shape index (κ1) is 14.4. The van der Waals surface area contributed by atoms with Crippen molar-refractivity contribution in [1.29, 1.82) is 0 Å². The van der Waals surface area contributed by atoms with Crippen LogP contribution in [0.4, 0.5) is 5.69 Å². The molecule has 0 heterocycles. The van der Waals surface area contributed by atoms with Crippen molar-refractivity contribution in [2.45, 2.75) is 25.9 Å². The first-order valence-electron chi connectivity index (χ1n) is 5.57. The van der Waals surface area contributed by atoms with Crippen LogP contribution in [-0.2, 0) is 6.54 Å². The average molecular weight is 254 g/mol. The Labute approximate surface area is 106 Å². The SMILES string of the molecule is COc1ccc(CNC(C)(C)CO)cc1[N+](=O)[O-]. The highest BCUT2D eigenvalue weighted by Gasteiger charge is 2.18. The first-order valence-corrected chi connectivity index (χ1v) is 5.57. The Kier molecular flexibility index (Phi) is 4.63. The molecule has 0 aliphatic rings. The van der Waals surface area contributed by atoms with E-state index in [0.717, 1.165) is 5.56 Å². The van der Waals surface area contributed by atoms with Crippen LogP contribution in [-0.4, -0.2) is 29.3 Å². The van der Waals surface area contributed by atoms with E-state index in [1.807, 2.05) is 13.8 Å². The molecule has 1 aromatic rings. The summed E-state index contributed by atoms with van der Waals surface area (Å²) in [7, 11) is 1.40. The monoisotopic (exact) mass is 254 g/mol. The minimum Gasteiger partial charge on any atom is -0.490 e. The van der Waals surface area contributed by atoms with Crippen molar-refractivity contribution in [2.75, 3.05) is 13.7 Å². The van der Waals surface area contributed by atoms with Gasteiger partial charge < -0.3 is 15.2 Å². The molecule has 0 aliphatic heterocycles. The molecule has 0 unspecified atom stereocenters. The number of nitrogens with one attached hydrogen (secondary N) is 1. The highest BCUT2D eigenvalue weighted by molar-refractivity contribution is 5.48. The lowest BCUT2D eigenvalue weighted by molar-refractivity contribution is -0.385. The molecule has 0 spiro atoms. The second kappa shape index (κ2) is 5.79. The maximum atomic E-state index is 10.9. The third-order valence-corrected chi connectivity index (χ3v) is 2.61. The Morgan fingerprint density at radius 2 is 2.17 bits per heavy atom. The van der Waals surface area contributed by atoms with Gasteiger partial charge in [-0.25, -0.2) is 0 Å². The van der Waals surface area contributed by atoms with Crippen LogP contribution < -0.4 is 10.1 Å². The number of ether oxygens (including phenoxy) is 1. The zero-order valence-corrected chi connectivity index (χ0v) is 10.8. The number of nitro groups is 1. The quantitative estimate of drug-likeness (QED) is 0.593. The summed E-state index contributed by atoms with van der Waals surface area (Å²) in [6, 6.07) is 4.80. The molecule has 0 saturated carbocycles. The summed E-state index contributed by atoms with van der Waals surface area (Å²) in [5.74, 6) is 0.241. The second-order valence-corrected chi connectivity index (χ2v) is 4.66. The topological polar surface area (TPSA) is 84.6 Å². The largest absolute Gasteiger partial charge is 0.490 e. The van der Waals surface area contributed by atoms with Crippen molar-refractivity contribution in [1.82, 2.24) is 5.32 Å². The van der Waals surface area contributed by atoms with Crippen LogP contribution in [0.1, 0.15) is 19.4 Å². The van der Waals surface area contributed by atoms with Crippen molar-refractivity contribution >= 4 is 5.69 Å². The van der Waals surface area contributed by atoms with Crippen LogP contribution in [0.5, 0.6) is 5.75 Å². The lowest BCUT2D eigenvalue weighted by atomic mass is 10.1. The van der Waals surface area contributed by atoms with E-state index in [1.54, 1.807) is 12.1 Å². The number of rotatable bonds is 6. The van der Waals surface area contributed by atoms with E-state index in [0.29, 0.717) is 6.54 Å². The first-order chi connectivity index (χ1) is 8.39. The van der Waals surface area contributed by atoms with E-state index in [9.17, 15) is 10.1 Å². The molecule has 0 atom stereocenters. The van der Waals surface area contributed by atoms with Crippen molar-refractivity contribution < 1.29 is 14.8 Å². The normalized spacial score (nSPS) is 11.3. The van der Waals surface area contributed by atoms with Gasteiger partial charge in [0.1, 0.15) is 0 Å². The van der Waals surface area contributed by atoms with Gasteiger partial charge in [-0.15, -0.1) is 0 Å². The zero-order chi connectivity index (χ0) is 13.8. The van der Waals surface area contributed by atoms with E-state index in [4.69, 9.17) is 9.84 Å². The number of aliphatic hydroxyl groups is 1. The van der Waals surface area contributed by atoms with Crippen LogP contribution in [0.2, 0.25) is 0 Å². The molecule has 1 aromatic carbocycles. The highest BCUT2D eigenvalue weighted by Crippen LogP contribution is 2.27. The fourth-order valence-corrected chi connectivity index (χ4v) is 1.39. The number of benzene rings is 1. The summed E-state index contributed by atoms with van der Waals surface area (Å²) in [4.78, 5) is 10.4. The number of nitrogens with zero attached hydrogens (tertiary/aromatic N) is 1. The molecule has 0 radical (unpaired) electrons. The van der Waals surface area contributed by atoms with Gasteiger partial charge in [0, 0.05) is 18.2 Å². The molecule has 0 bridgehead atoms. The third kappa shape index (κ3) is 3.68. The molecule has 0 aromatic heterocycles. The maximum Gasteiger partial charge on any atom is 0.311 e. The van der Waals surface area contributed by atoms with Crippen LogP contribution in [0.15, 0.2) is 18.2 Å². The summed E-state index contributed by atoms with van der Waals surface area (Å²) in [6.45, 7) is 4.14. The Balaban J connectivity index is 2.86. The maximum absolute atomic E-state index is 10.9. The molecule has 6 nitrogen and oxygen atoms in total. The minimum absolute atomic E-state index is 0.00868. The number of nitro benzene ring substituents is 1. The minimum atomic E-state index is -0.473. The molecule has 100 valence electrons. The van der Waals surface area contributed by atoms with E-state index in [2.05, 4.69) is 5.32 Å². The van der Waals surface area contributed by atoms with E-state index in [1.165, 1.54) is 13.2 Å². The predicted molar refractivity (Wildman–Crippen MR) is 67.7 cm³/mol. The second-order valence-electron chi connectivity index (χ2n) is 4.66. The molecule has 0 saturated heterocycles. The number of aliphatic hydroxyl groups excluding tert-OH is 1. The van der Waals surface area contributed by atoms with Gasteiger partial charge in [-0.1, -0.05) is 6.07 Å². The molecular weight excluding hydrogens is 236 g/mol. The summed E-state index contributed by atoms with van der Waals surface area (Å²) < 4.78 is 4.93. The zero-order valence-electron chi connectivity index (χ0n) is 10.8. The molecule has 6 heteroatoms. The predicted octanol–water partition coefficient (Wildman–Crippen LogP) is 1.46. The summed E-state index contributed by atoms with van der Waals surface area (Å²) in [5.41, 5.74) is 0.289. The van der Waals surface area contributed by atoms with Gasteiger partial charge in [-0.2, -0.15) is 0 Å². The van der Waals surface area contributed by atoms with Crippen molar-refractivity contribution in [3.63, 3.8) is 0 Å². The van der Waals surface area contributed by atoms with Gasteiger partial charge in [-0.3, -0.25) is 10.1 Å². The van der Waals surface area contributed by atoms with Crippen LogP contribution in [0, 0.1) is 10.1 Å². The van der Waals surface area contributed by atoms with Gasteiger partial charge in [0.05, 0.1) is 18.6 Å². The summed E-state index contributed by atoms with van der Waals surface area (Å²) >= 11 is 0. The van der Waals surface area contributed by atoms with Crippen LogP contribution in [0.3, 0.4) is 0 Å². The van der Waals surface area contributed by atoms with Crippen LogP contribution >= 0.6 is 0 Å². The highest BCUT2D eigenvalue weighted by atomic mass is 16.6. The van der Waals surface area contributed by atoms with Crippen molar-refractivity contribution in [3.05, 3.63) is 33.9 Å². The molecule has 2 N–H and O–H groups in total. The molecule has 0 amide bonds. The van der Waals surface area contributed by atoms with Gasteiger partial charge in [-0.05, 0) is 25.5 Å². The molecule has 0 aliphatic carbocycles. The number of methoxy groups -OCH3 is 1. The standard InChI is InChI=1S/C12H18N2O4/c1-12(2,8-15)13-7-9-4-5-11(18-3)10(6-9)14(16)17/h4-6,13,15H,7-8H2,1-3H3. The Morgan fingerprint density at radius 3 is 2.67 bits per heavy atom. The lowest BCUT2D eigenvalue weighted by Crippen LogP contribution is -2.42. The Bertz CT molecular complexity index is 432. The molecule has 0 fully saturated rings. The van der Waals surface area contributed by atoms with Gasteiger partial charge in [0.2, 0.25) is 0 Å². The van der Waals surface area contributed by atoms with Crippen LogP contribution in [0.25, 0.3) is 0 Å². The fourth-order valence-electron chi connectivity index (χ4n) is 1.39. The average Bonchev–Trinajstić information content (AvgIpc) is 2.36. The summed E-state index contributed by atoms with van der Waals surface area (Å²) in [5, 5.41) is 23.1. The van der Waals surface area contributed by atoms with Crippen molar-refractivity contribution in [3.8, 4) is 5.75 Å². The number of hydrogen-bond donors (Lipinski definition) is 2. The molecule has 1 rings (SSSR count). The lowest BCUT2D eigenvalue weighted by Gasteiger charge is -2.23. The molecular formula is C12H18N2O4.